The van der Waals surface area contributed by atoms with Gasteiger partial charge in [-0.05, 0) is 17.2 Å². The number of H-pyrrole nitrogens is 1. The van der Waals surface area contributed by atoms with Gasteiger partial charge in [-0.3, -0.25) is 0 Å². The van der Waals surface area contributed by atoms with Gasteiger partial charge in [0.25, 0.3) is 6.01 Å². The van der Waals surface area contributed by atoms with E-state index in [9.17, 15) is 10.2 Å². The third-order valence-electron chi connectivity index (χ3n) is 6.37. The summed E-state index contributed by atoms with van der Waals surface area (Å²) in [5.41, 5.74) is 3.44. The van der Waals surface area contributed by atoms with Crippen LogP contribution in [0.3, 0.4) is 0 Å². The first-order valence-corrected chi connectivity index (χ1v) is 11.4. The second-order valence-electron chi connectivity index (χ2n) is 8.62. The molecule has 1 unspecified atom stereocenters. The van der Waals surface area contributed by atoms with Gasteiger partial charge in [0, 0.05) is 5.56 Å². The molecule has 0 radical (unpaired) electrons. The number of halogens is 1. The number of rotatable bonds is 5. The summed E-state index contributed by atoms with van der Waals surface area (Å²) in [7, 11) is 0. The number of pyridine rings is 1. The lowest BCUT2D eigenvalue weighted by Gasteiger charge is -2.23. The Morgan fingerprint density at radius 2 is 1.76 bits per heavy atom. The number of hydrogen-bond acceptors (Lipinski definition) is 7. The fraction of sp³-hybridized carbons (Fsp3) is 0.280. The molecule has 2 aliphatic heterocycles. The van der Waals surface area contributed by atoms with Crippen molar-refractivity contribution in [2.24, 2.45) is 0 Å². The Morgan fingerprint density at radius 3 is 2.53 bits per heavy atom. The van der Waals surface area contributed by atoms with Gasteiger partial charge in [0.1, 0.15) is 17.8 Å². The topological polar surface area (TPSA) is 110 Å². The van der Waals surface area contributed by atoms with Crippen molar-refractivity contribution in [2.45, 2.75) is 23.9 Å². The van der Waals surface area contributed by atoms with Crippen LogP contribution in [0.2, 0.25) is 5.02 Å². The normalized spacial score (nSPS) is 26.1. The van der Waals surface area contributed by atoms with Crippen LogP contribution in [-0.2, 0) is 9.47 Å². The molecule has 4 aromatic rings. The van der Waals surface area contributed by atoms with Gasteiger partial charge >= 0.3 is 0 Å². The van der Waals surface area contributed by atoms with E-state index in [2.05, 4.69) is 27.1 Å². The van der Waals surface area contributed by atoms with Gasteiger partial charge in [-0.2, -0.15) is 4.98 Å². The van der Waals surface area contributed by atoms with Gasteiger partial charge in [-0.1, -0.05) is 66.2 Å². The van der Waals surface area contributed by atoms with Crippen LogP contribution in [0.15, 0.2) is 60.7 Å². The monoisotopic (exact) mass is 479 g/mol. The standard InChI is InChI=1S/C25H22ClN3O5/c26-17-10-18-23(28-20(17)16-8-6-15(7-9-16)14-4-2-1-3-5-14)29-24(27-18)34-19-11-32-22-21(19)33-13-25(22,31)12-30/h1-10,19,21-22,30-31H,11-13H2,(H,27,28,29)/t19-,21-,22?,25-/m1/s1. The number of nitrogens with one attached hydrogen (secondary N) is 1. The summed E-state index contributed by atoms with van der Waals surface area (Å²) in [6.45, 7) is -0.243. The van der Waals surface area contributed by atoms with E-state index in [0.29, 0.717) is 21.9 Å². The van der Waals surface area contributed by atoms with Crippen LogP contribution in [0.5, 0.6) is 6.01 Å². The van der Waals surface area contributed by atoms with Crippen molar-refractivity contribution < 1.29 is 24.4 Å². The lowest BCUT2D eigenvalue weighted by molar-refractivity contribution is -0.0956. The van der Waals surface area contributed by atoms with E-state index < -0.39 is 30.5 Å². The molecular weight excluding hydrogens is 458 g/mol. The first kappa shape index (κ1) is 21.5. The zero-order valence-corrected chi connectivity index (χ0v) is 18.8. The molecule has 2 aromatic heterocycles. The number of fused-ring (bicyclic) bond motifs is 2. The molecule has 174 valence electrons. The van der Waals surface area contributed by atoms with Gasteiger partial charge in [0.15, 0.2) is 11.8 Å². The number of aromatic nitrogens is 3. The number of imidazole rings is 1. The number of aliphatic hydroxyl groups is 2. The molecule has 9 heteroatoms. The van der Waals surface area contributed by atoms with Gasteiger partial charge in [0.05, 0.1) is 36.1 Å². The van der Waals surface area contributed by atoms with Crippen molar-refractivity contribution in [1.82, 2.24) is 15.0 Å². The smallest absolute Gasteiger partial charge is 0.296 e. The summed E-state index contributed by atoms with van der Waals surface area (Å²) in [5.74, 6) is 0. The van der Waals surface area contributed by atoms with E-state index >= 15 is 0 Å². The molecule has 2 aliphatic rings. The van der Waals surface area contributed by atoms with E-state index in [1.54, 1.807) is 6.07 Å². The third kappa shape index (κ3) is 3.64. The second kappa shape index (κ2) is 8.33. The van der Waals surface area contributed by atoms with E-state index in [0.717, 1.165) is 16.7 Å². The Kier molecular flexibility index (Phi) is 5.28. The molecule has 6 rings (SSSR count). The van der Waals surface area contributed by atoms with Crippen LogP contribution in [0.25, 0.3) is 33.5 Å². The van der Waals surface area contributed by atoms with E-state index in [-0.39, 0.29) is 19.2 Å². The molecule has 0 spiro atoms. The van der Waals surface area contributed by atoms with Crippen LogP contribution in [0.1, 0.15) is 0 Å². The Bertz CT molecular complexity index is 1330. The number of aromatic amines is 1. The van der Waals surface area contributed by atoms with Crippen LogP contribution in [-0.4, -0.2) is 68.9 Å². The summed E-state index contributed by atoms with van der Waals surface area (Å²) < 4.78 is 17.3. The van der Waals surface area contributed by atoms with Gasteiger partial charge < -0.3 is 29.4 Å². The Balaban J connectivity index is 1.24. The Hall–Kier alpha value is -3.01. The molecule has 4 atom stereocenters. The number of benzene rings is 2. The van der Waals surface area contributed by atoms with Gasteiger partial charge in [0.2, 0.25) is 0 Å². The highest BCUT2D eigenvalue weighted by Crippen LogP contribution is 2.36. The van der Waals surface area contributed by atoms with Crippen LogP contribution >= 0.6 is 11.6 Å². The van der Waals surface area contributed by atoms with Crippen molar-refractivity contribution in [3.63, 3.8) is 0 Å². The molecule has 0 aliphatic carbocycles. The highest BCUT2D eigenvalue weighted by molar-refractivity contribution is 6.33. The second-order valence-corrected chi connectivity index (χ2v) is 9.03. The molecule has 34 heavy (non-hydrogen) atoms. The van der Waals surface area contributed by atoms with Crippen molar-refractivity contribution >= 4 is 22.8 Å². The third-order valence-corrected chi connectivity index (χ3v) is 6.66. The molecule has 2 fully saturated rings. The van der Waals surface area contributed by atoms with E-state index in [1.807, 2.05) is 42.5 Å². The van der Waals surface area contributed by atoms with Gasteiger partial charge in [-0.25, -0.2) is 4.98 Å². The van der Waals surface area contributed by atoms with Crippen LogP contribution in [0.4, 0.5) is 0 Å². The molecule has 0 amide bonds. The van der Waals surface area contributed by atoms with E-state index in [4.69, 9.17) is 25.8 Å². The minimum atomic E-state index is -1.42. The predicted octanol–water partition coefficient (Wildman–Crippen LogP) is 3.21. The van der Waals surface area contributed by atoms with Crippen molar-refractivity contribution in [1.29, 1.82) is 0 Å². The summed E-state index contributed by atoms with van der Waals surface area (Å²) in [6.07, 6.45) is -1.63. The molecular formula is C25H22ClN3O5. The number of ether oxygens (including phenoxy) is 3. The quantitative estimate of drug-likeness (QED) is 0.403. The Labute approximate surface area is 200 Å². The van der Waals surface area contributed by atoms with Crippen LogP contribution in [0, 0.1) is 0 Å². The first-order chi connectivity index (χ1) is 16.5. The molecule has 2 saturated heterocycles. The number of hydrogen-bond donors (Lipinski definition) is 3. The summed E-state index contributed by atoms with van der Waals surface area (Å²) in [5, 5.41) is 20.4. The maximum Gasteiger partial charge on any atom is 0.296 e. The minimum Gasteiger partial charge on any atom is -0.456 e. The summed E-state index contributed by atoms with van der Waals surface area (Å²) in [4.78, 5) is 12.2. The average Bonchev–Trinajstić information content (AvgIpc) is 3.55. The zero-order valence-electron chi connectivity index (χ0n) is 18.0. The molecule has 8 nitrogen and oxygen atoms in total. The van der Waals surface area contributed by atoms with Crippen molar-refractivity contribution in [2.75, 3.05) is 19.8 Å². The molecule has 0 bridgehead atoms. The van der Waals surface area contributed by atoms with Crippen LogP contribution < -0.4 is 4.74 Å². The van der Waals surface area contributed by atoms with Crippen molar-refractivity contribution in [3.8, 4) is 28.4 Å². The molecule has 4 heterocycles. The molecule has 2 aromatic carbocycles. The summed E-state index contributed by atoms with van der Waals surface area (Å²) in [6, 6.07) is 20.2. The highest BCUT2D eigenvalue weighted by Gasteiger charge is 2.57. The molecule has 3 N–H and O–H groups in total. The first-order valence-electron chi connectivity index (χ1n) is 11.0. The fourth-order valence-corrected chi connectivity index (χ4v) is 4.81. The zero-order chi connectivity index (χ0) is 23.3. The lowest BCUT2D eigenvalue weighted by Crippen LogP contribution is -2.47. The average molecular weight is 480 g/mol. The van der Waals surface area contributed by atoms with Gasteiger partial charge in [-0.15, -0.1) is 0 Å². The highest BCUT2D eigenvalue weighted by atomic mass is 35.5. The fourth-order valence-electron chi connectivity index (χ4n) is 4.55. The largest absolute Gasteiger partial charge is 0.456 e. The molecule has 0 saturated carbocycles. The van der Waals surface area contributed by atoms with E-state index in [1.165, 1.54) is 0 Å². The lowest BCUT2D eigenvalue weighted by atomic mass is 9.97. The number of nitrogens with zero attached hydrogens (tertiary/aromatic N) is 2. The summed E-state index contributed by atoms with van der Waals surface area (Å²) >= 11 is 6.55. The minimum absolute atomic E-state index is 0.0115. The van der Waals surface area contributed by atoms with Crippen molar-refractivity contribution in [3.05, 3.63) is 65.7 Å². The maximum atomic E-state index is 10.4. The SMILES string of the molecule is OC[C@@]1(O)CO[C@H]2C1OC[C@H]2Oc1nc2nc(-c3ccc(-c4ccccc4)cc3)c(Cl)cc2[nH]1. The Morgan fingerprint density at radius 1 is 1.03 bits per heavy atom. The number of aliphatic hydroxyl groups excluding tert-OH is 1. The predicted molar refractivity (Wildman–Crippen MR) is 126 cm³/mol. The maximum absolute atomic E-state index is 10.4.